The lowest BCUT2D eigenvalue weighted by molar-refractivity contribution is -0.115. The lowest BCUT2D eigenvalue weighted by atomic mass is 10.1. The average molecular weight is 261 g/mol. The van der Waals surface area contributed by atoms with Crippen LogP contribution >= 0.6 is 11.6 Å². The van der Waals surface area contributed by atoms with E-state index < -0.39 is 0 Å². The molecular formula is C14H13ClN2O. The number of aromatic nitrogens is 1. The van der Waals surface area contributed by atoms with Crippen molar-refractivity contribution in [1.29, 1.82) is 0 Å². The number of halogens is 1. The molecule has 3 nitrogen and oxygen atoms in total. The minimum atomic E-state index is -0.0667. The summed E-state index contributed by atoms with van der Waals surface area (Å²) in [7, 11) is 0. The summed E-state index contributed by atoms with van der Waals surface area (Å²) in [6.07, 6.45) is 1.97. The van der Waals surface area contributed by atoms with Gasteiger partial charge < -0.3 is 5.32 Å². The minimum absolute atomic E-state index is 0.0667. The van der Waals surface area contributed by atoms with E-state index in [1.807, 2.05) is 31.2 Å². The maximum Gasteiger partial charge on any atom is 0.228 e. The highest BCUT2D eigenvalue weighted by Crippen LogP contribution is 2.11. The molecule has 0 atom stereocenters. The zero-order chi connectivity index (χ0) is 13.0. The topological polar surface area (TPSA) is 42.0 Å². The number of aryl methyl sites for hydroxylation is 1. The number of nitrogens with zero attached hydrogens (tertiary/aromatic N) is 1. The molecule has 0 spiro atoms. The summed E-state index contributed by atoms with van der Waals surface area (Å²) in [6.45, 7) is 1.90. The van der Waals surface area contributed by atoms with E-state index in [1.165, 1.54) is 0 Å². The first kappa shape index (κ1) is 12.6. The molecule has 0 bridgehead atoms. The maximum absolute atomic E-state index is 11.8. The van der Waals surface area contributed by atoms with Crippen molar-refractivity contribution in [2.45, 2.75) is 13.3 Å². The van der Waals surface area contributed by atoms with Gasteiger partial charge in [-0.25, -0.2) is 0 Å². The van der Waals surface area contributed by atoms with Crippen LogP contribution in [0.25, 0.3) is 0 Å². The summed E-state index contributed by atoms with van der Waals surface area (Å²) in [5, 5.41) is 3.47. The van der Waals surface area contributed by atoms with Gasteiger partial charge in [-0.05, 0) is 36.8 Å². The first-order valence-electron chi connectivity index (χ1n) is 5.60. The molecule has 1 aromatic carbocycles. The summed E-state index contributed by atoms with van der Waals surface area (Å²) in [5.41, 5.74) is 2.56. The number of pyridine rings is 1. The number of amides is 1. The SMILES string of the molecule is Cc1ccc(NC(=O)Cc2ccc(Cl)cc2)cn1. The Morgan fingerprint density at radius 2 is 1.94 bits per heavy atom. The third-order valence-electron chi connectivity index (χ3n) is 2.47. The molecule has 1 N–H and O–H groups in total. The number of benzene rings is 1. The number of carbonyl (C=O) groups is 1. The van der Waals surface area contributed by atoms with E-state index in [0.29, 0.717) is 17.1 Å². The number of rotatable bonds is 3. The van der Waals surface area contributed by atoms with Crippen molar-refractivity contribution >= 4 is 23.2 Å². The van der Waals surface area contributed by atoms with Crippen LogP contribution in [0.3, 0.4) is 0 Å². The summed E-state index contributed by atoms with van der Waals surface area (Å²) in [6, 6.07) is 10.9. The number of hydrogen-bond acceptors (Lipinski definition) is 2. The number of hydrogen-bond donors (Lipinski definition) is 1. The zero-order valence-electron chi connectivity index (χ0n) is 9.98. The minimum Gasteiger partial charge on any atom is -0.324 e. The second-order valence-electron chi connectivity index (χ2n) is 4.04. The zero-order valence-corrected chi connectivity index (χ0v) is 10.7. The monoisotopic (exact) mass is 260 g/mol. The molecule has 1 aromatic heterocycles. The highest BCUT2D eigenvalue weighted by Gasteiger charge is 2.04. The van der Waals surface area contributed by atoms with Crippen LogP contribution in [0.2, 0.25) is 5.02 Å². The van der Waals surface area contributed by atoms with Crippen molar-refractivity contribution in [3.63, 3.8) is 0 Å². The van der Waals surface area contributed by atoms with E-state index in [1.54, 1.807) is 18.3 Å². The van der Waals surface area contributed by atoms with Crippen molar-refractivity contribution in [1.82, 2.24) is 4.98 Å². The molecule has 0 saturated carbocycles. The second-order valence-corrected chi connectivity index (χ2v) is 4.48. The molecule has 0 aliphatic heterocycles. The number of nitrogens with one attached hydrogen (secondary N) is 1. The molecule has 2 aromatic rings. The lowest BCUT2D eigenvalue weighted by Crippen LogP contribution is -2.14. The molecule has 0 saturated heterocycles. The first-order chi connectivity index (χ1) is 8.63. The fourth-order valence-electron chi connectivity index (χ4n) is 1.53. The van der Waals surface area contributed by atoms with Gasteiger partial charge >= 0.3 is 0 Å². The Bertz CT molecular complexity index is 485. The van der Waals surface area contributed by atoms with Crippen molar-refractivity contribution in [3.05, 3.63) is 58.9 Å². The normalized spacial score (nSPS) is 10.1. The predicted molar refractivity (Wildman–Crippen MR) is 72.8 cm³/mol. The molecule has 1 amide bonds. The van der Waals surface area contributed by atoms with Crippen molar-refractivity contribution < 1.29 is 4.79 Å². The van der Waals surface area contributed by atoms with Gasteiger partial charge in [0, 0.05) is 10.7 Å². The van der Waals surface area contributed by atoms with Gasteiger partial charge in [-0.1, -0.05) is 23.7 Å². The summed E-state index contributed by atoms with van der Waals surface area (Å²) < 4.78 is 0. The molecule has 1 heterocycles. The van der Waals surface area contributed by atoms with Gasteiger partial charge in [0.25, 0.3) is 0 Å². The molecule has 4 heteroatoms. The van der Waals surface area contributed by atoms with Crippen LogP contribution in [0.4, 0.5) is 5.69 Å². The molecule has 0 aliphatic rings. The van der Waals surface area contributed by atoms with Crippen molar-refractivity contribution in [2.24, 2.45) is 0 Å². The quantitative estimate of drug-likeness (QED) is 0.921. The smallest absolute Gasteiger partial charge is 0.228 e. The van der Waals surface area contributed by atoms with E-state index in [4.69, 9.17) is 11.6 Å². The van der Waals surface area contributed by atoms with Crippen LogP contribution < -0.4 is 5.32 Å². The lowest BCUT2D eigenvalue weighted by Gasteiger charge is -2.05. The average Bonchev–Trinajstić information content (AvgIpc) is 2.35. The van der Waals surface area contributed by atoms with E-state index in [0.717, 1.165) is 11.3 Å². The molecule has 18 heavy (non-hydrogen) atoms. The summed E-state index contributed by atoms with van der Waals surface area (Å²) in [4.78, 5) is 15.9. The van der Waals surface area contributed by atoms with E-state index in [9.17, 15) is 4.79 Å². The maximum atomic E-state index is 11.8. The molecular weight excluding hydrogens is 248 g/mol. The van der Waals surface area contributed by atoms with E-state index >= 15 is 0 Å². The third-order valence-corrected chi connectivity index (χ3v) is 2.73. The Labute approximate surface area is 111 Å². The van der Waals surface area contributed by atoms with Gasteiger partial charge in [0.2, 0.25) is 5.91 Å². The summed E-state index contributed by atoms with van der Waals surface area (Å²) in [5.74, 6) is -0.0667. The highest BCUT2D eigenvalue weighted by atomic mass is 35.5. The van der Waals surface area contributed by atoms with E-state index in [-0.39, 0.29) is 5.91 Å². The largest absolute Gasteiger partial charge is 0.324 e. The molecule has 0 radical (unpaired) electrons. The number of anilines is 1. The molecule has 0 fully saturated rings. The molecule has 0 unspecified atom stereocenters. The Balaban J connectivity index is 1.96. The van der Waals surface area contributed by atoms with Gasteiger partial charge in [-0.3, -0.25) is 9.78 Å². The van der Waals surface area contributed by atoms with Crippen LogP contribution in [-0.4, -0.2) is 10.9 Å². The van der Waals surface area contributed by atoms with Gasteiger partial charge in [0.05, 0.1) is 18.3 Å². The number of carbonyl (C=O) groups excluding carboxylic acids is 1. The van der Waals surface area contributed by atoms with Crippen molar-refractivity contribution in [2.75, 3.05) is 5.32 Å². The Kier molecular flexibility index (Phi) is 3.95. The molecule has 92 valence electrons. The third kappa shape index (κ3) is 3.57. The van der Waals surface area contributed by atoms with Crippen LogP contribution in [0.1, 0.15) is 11.3 Å². The summed E-state index contributed by atoms with van der Waals surface area (Å²) >= 11 is 5.78. The van der Waals surface area contributed by atoms with Crippen LogP contribution in [0.15, 0.2) is 42.6 Å². The highest BCUT2D eigenvalue weighted by molar-refractivity contribution is 6.30. The standard InChI is InChI=1S/C14H13ClN2O/c1-10-2-7-13(9-16-10)17-14(18)8-11-3-5-12(15)6-4-11/h2-7,9H,8H2,1H3,(H,17,18). The van der Waals surface area contributed by atoms with Gasteiger partial charge in [0.1, 0.15) is 0 Å². The Morgan fingerprint density at radius 1 is 1.22 bits per heavy atom. The fraction of sp³-hybridized carbons (Fsp3) is 0.143. The molecule has 2 rings (SSSR count). The van der Waals surface area contributed by atoms with Gasteiger partial charge in [-0.15, -0.1) is 0 Å². The predicted octanol–water partition coefficient (Wildman–Crippen LogP) is 3.22. The molecule has 0 aliphatic carbocycles. The van der Waals surface area contributed by atoms with Crippen LogP contribution in [-0.2, 0) is 11.2 Å². The van der Waals surface area contributed by atoms with Crippen LogP contribution in [0.5, 0.6) is 0 Å². The second kappa shape index (κ2) is 5.65. The van der Waals surface area contributed by atoms with Crippen LogP contribution in [0, 0.1) is 6.92 Å². The Hall–Kier alpha value is -1.87. The van der Waals surface area contributed by atoms with E-state index in [2.05, 4.69) is 10.3 Å². The van der Waals surface area contributed by atoms with Crippen molar-refractivity contribution in [3.8, 4) is 0 Å². The van der Waals surface area contributed by atoms with Gasteiger partial charge in [-0.2, -0.15) is 0 Å². The Morgan fingerprint density at radius 3 is 2.56 bits per heavy atom. The van der Waals surface area contributed by atoms with Gasteiger partial charge in [0.15, 0.2) is 0 Å². The first-order valence-corrected chi connectivity index (χ1v) is 5.98. The fourth-order valence-corrected chi connectivity index (χ4v) is 1.66.